The number of ether oxygens (including phenoxy) is 1. The quantitative estimate of drug-likeness (QED) is 0.821. The fourth-order valence-electron chi connectivity index (χ4n) is 3.98. The van der Waals surface area contributed by atoms with E-state index in [0.717, 1.165) is 40.5 Å². The maximum Gasteiger partial charge on any atom is 0.275 e. The number of aliphatic imine (C=N–C) groups is 1. The van der Waals surface area contributed by atoms with Gasteiger partial charge in [-0.3, -0.25) is 14.7 Å². The number of rotatable bonds is 3. The topological polar surface area (TPSA) is 45.1 Å². The summed E-state index contributed by atoms with van der Waals surface area (Å²) in [5.41, 5.74) is 5.83. The van der Waals surface area contributed by atoms with Crippen LogP contribution in [-0.2, 0) is 4.79 Å². The number of anilines is 1. The average molecular weight is 375 g/mol. The molecule has 0 saturated carbocycles. The molecule has 2 aromatic rings. The summed E-state index contributed by atoms with van der Waals surface area (Å²) >= 11 is 0. The van der Waals surface area contributed by atoms with Crippen LogP contribution in [0.25, 0.3) is 0 Å². The second-order valence-electron chi connectivity index (χ2n) is 7.34. The average Bonchev–Trinajstić information content (AvgIpc) is 2.93. The van der Waals surface area contributed by atoms with Crippen LogP contribution in [0.4, 0.5) is 5.69 Å². The molecule has 1 amide bonds. The summed E-state index contributed by atoms with van der Waals surface area (Å²) < 4.78 is 5.29. The highest BCUT2D eigenvalue weighted by Gasteiger charge is 2.44. The van der Waals surface area contributed by atoms with E-state index in [1.165, 1.54) is 5.56 Å². The Bertz CT molecular complexity index is 958. The van der Waals surface area contributed by atoms with Crippen molar-refractivity contribution in [2.45, 2.75) is 19.9 Å². The van der Waals surface area contributed by atoms with Crippen molar-refractivity contribution in [1.29, 1.82) is 0 Å². The summed E-state index contributed by atoms with van der Waals surface area (Å²) in [6.45, 7) is 5.52. The van der Waals surface area contributed by atoms with Gasteiger partial charge in [0.1, 0.15) is 11.4 Å². The van der Waals surface area contributed by atoms with Gasteiger partial charge in [-0.25, -0.2) is 0 Å². The van der Waals surface area contributed by atoms with Gasteiger partial charge in [0.2, 0.25) is 0 Å². The van der Waals surface area contributed by atoms with Crippen molar-refractivity contribution in [3.63, 3.8) is 0 Å². The highest BCUT2D eigenvalue weighted by atomic mass is 16.5. The Kier molecular flexibility index (Phi) is 4.67. The SMILES string of the molecule is COc1ccc(N2C(=O)C3=C(C(C)=NCCN3C)C2c2ccc(C)cc2)cc1. The summed E-state index contributed by atoms with van der Waals surface area (Å²) in [6.07, 6.45) is 0. The molecule has 0 fully saturated rings. The first kappa shape index (κ1) is 18.3. The summed E-state index contributed by atoms with van der Waals surface area (Å²) in [7, 11) is 3.62. The smallest absolute Gasteiger partial charge is 0.275 e. The number of benzene rings is 2. The zero-order valence-electron chi connectivity index (χ0n) is 16.8. The summed E-state index contributed by atoms with van der Waals surface area (Å²) in [6, 6.07) is 15.9. The monoisotopic (exact) mass is 375 g/mol. The molecule has 144 valence electrons. The Labute approximate surface area is 165 Å². The van der Waals surface area contributed by atoms with E-state index in [0.29, 0.717) is 6.54 Å². The van der Waals surface area contributed by atoms with Crippen molar-refractivity contribution in [2.75, 3.05) is 32.1 Å². The minimum absolute atomic E-state index is 0.0182. The first-order chi connectivity index (χ1) is 13.5. The lowest BCUT2D eigenvalue weighted by Gasteiger charge is -2.28. The minimum atomic E-state index is -0.194. The molecule has 1 unspecified atom stereocenters. The molecule has 2 aliphatic rings. The second-order valence-corrected chi connectivity index (χ2v) is 7.34. The van der Waals surface area contributed by atoms with E-state index in [1.807, 2.05) is 48.0 Å². The highest BCUT2D eigenvalue weighted by molar-refractivity contribution is 6.18. The van der Waals surface area contributed by atoms with Gasteiger partial charge in [-0.1, -0.05) is 29.8 Å². The first-order valence-electron chi connectivity index (χ1n) is 9.52. The number of likely N-dealkylation sites (N-methyl/N-ethyl adjacent to an activating group) is 1. The van der Waals surface area contributed by atoms with Crippen LogP contribution in [-0.4, -0.2) is 43.8 Å². The lowest BCUT2D eigenvalue weighted by atomic mass is 9.95. The molecule has 4 rings (SSSR count). The Morgan fingerprint density at radius 2 is 1.71 bits per heavy atom. The molecule has 0 spiro atoms. The van der Waals surface area contributed by atoms with Gasteiger partial charge in [0, 0.05) is 30.6 Å². The van der Waals surface area contributed by atoms with Crippen LogP contribution >= 0.6 is 0 Å². The minimum Gasteiger partial charge on any atom is -0.497 e. The van der Waals surface area contributed by atoms with Crippen molar-refractivity contribution in [2.24, 2.45) is 4.99 Å². The van der Waals surface area contributed by atoms with Gasteiger partial charge < -0.3 is 9.64 Å². The zero-order chi connectivity index (χ0) is 19.8. The van der Waals surface area contributed by atoms with Crippen LogP contribution in [0.1, 0.15) is 24.1 Å². The lowest BCUT2D eigenvalue weighted by molar-refractivity contribution is -0.116. The van der Waals surface area contributed by atoms with Gasteiger partial charge in [-0.2, -0.15) is 0 Å². The van der Waals surface area contributed by atoms with E-state index in [1.54, 1.807) is 7.11 Å². The van der Waals surface area contributed by atoms with Gasteiger partial charge >= 0.3 is 0 Å². The predicted octanol–water partition coefficient (Wildman–Crippen LogP) is 3.75. The molecule has 0 N–H and O–H groups in total. The molecule has 0 aromatic heterocycles. The Balaban J connectivity index is 1.89. The van der Waals surface area contributed by atoms with Crippen LogP contribution < -0.4 is 9.64 Å². The van der Waals surface area contributed by atoms with E-state index in [-0.39, 0.29) is 11.9 Å². The second kappa shape index (κ2) is 7.15. The Morgan fingerprint density at radius 3 is 2.36 bits per heavy atom. The van der Waals surface area contributed by atoms with Crippen molar-refractivity contribution in [3.8, 4) is 5.75 Å². The number of hydrogen-bond donors (Lipinski definition) is 0. The molecular formula is C23H25N3O2. The molecule has 5 heteroatoms. The normalized spacial score (nSPS) is 19.5. The lowest BCUT2D eigenvalue weighted by Crippen LogP contribution is -2.34. The maximum absolute atomic E-state index is 13.6. The molecule has 2 aromatic carbocycles. The van der Waals surface area contributed by atoms with Crippen LogP contribution in [0.2, 0.25) is 0 Å². The van der Waals surface area contributed by atoms with Gasteiger partial charge in [0.25, 0.3) is 5.91 Å². The molecule has 2 aliphatic heterocycles. The maximum atomic E-state index is 13.6. The first-order valence-corrected chi connectivity index (χ1v) is 9.52. The van der Waals surface area contributed by atoms with Crippen molar-refractivity contribution in [1.82, 2.24) is 4.90 Å². The third kappa shape index (κ3) is 2.97. The summed E-state index contributed by atoms with van der Waals surface area (Å²) in [5, 5.41) is 0. The van der Waals surface area contributed by atoms with E-state index >= 15 is 0 Å². The van der Waals surface area contributed by atoms with E-state index < -0.39 is 0 Å². The fraction of sp³-hybridized carbons (Fsp3) is 0.304. The predicted molar refractivity (Wildman–Crippen MR) is 112 cm³/mol. The Morgan fingerprint density at radius 1 is 1.04 bits per heavy atom. The standard InChI is InChI=1S/C23H25N3O2/c1-15-5-7-17(8-6-15)21-20-16(2)24-13-14-25(3)22(20)23(27)26(21)18-9-11-19(28-4)12-10-18/h5-12,21H,13-14H2,1-4H3. The summed E-state index contributed by atoms with van der Waals surface area (Å²) in [4.78, 5) is 22.2. The molecule has 0 bridgehead atoms. The number of nitrogens with zero attached hydrogens (tertiary/aromatic N) is 3. The van der Waals surface area contributed by atoms with Crippen LogP contribution in [0.15, 0.2) is 64.8 Å². The molecule has 5 nitrogen and oxygen atoms in total. The third-order valence-corrected chi connectivity index (χ3v) is 5.51. The largest absolute Gasteiger partial charge is 0.497 e. The number of hydrogen-bond acceptors (Lipinski definition) is 4. The number of amides is 1. The van der Waals surface area contributed by atoms with E-state index in [4.69, 9.17) is 9.73 Å². The van der Waals surface area contributed by atoms with Crippen molar-refractivity contribution in [3.05, 3.63) is 70.9 Å². The van der Waals surface area contributed by atoms with E-state index in [2.05, 4.69) is 31.2 Å². The molecule has 2 heterocycles. The molecular weight excluding hydrogens is 350 g/mol. The zero-order valence-corrected chi connectivity index (χ0v) is 16.8. The molecule has 28 heavy (non-hydrogen) atoms. The number of carbonyl (C=O) groups is 1. The van der Waals surface area contributed by atoms with Crippen LogP contribution in [0.5, 0.6) is 5.75 Å². The van der Waals surface area contributed by atoms with Crippen molar-refractivity contribution >= 4 is 17.3 Å². The number of aryl methyl sites for hydroxylation is 1. The van der Waals surface area contributed by atoms with Gasteiger partial charge in [0.05, 0.1) is 19.7 Å². The molecule has 0 aliphatic carbocycles. The number of carbonyl (C=O) groups excluding carboxylic acids is 1. The molecule has 0 saturated heterocycles. The van der Waals surface area contributed by atoms with Gasteiger partial charge in [-0.15, -0.1) is 0 Å². The Hall–Kier alpha value is -3.08. The highest BCUT2D eigenvalue weighted by Crippen LogP contribution is 2.43. The van der Waals surface area contributed by atoms with Gasteiger partial charge in [-0.05, 0) is 43.7 Å². The van der Waals surface area contributed by atoms with Crippen molar-refractivity contribution < 1.29 is 9.53 Å². The fourth-order valence-corrected chi connectivity index (χ4v) is 3.98. The third-order valence-electron chi connectivity index (χ3n) is 5.51. The molecule has 0 radical (unpaired) electrons. The van der Waals surface area contributed by atoms with Crippen LogP contribution in [0, 0.1) is 6.92 Å². The van der Waals surface area contributed by atoms with E-state index in [9.17, 15) is 4.79 Å². The molecule has 1 atom stereocenters. The van der Waals surface area contributed by atoms with Crippen LogP contribution in [0.3, 0.4) is 0 Å². The number of methoxy groups -OCH3 is 1. The summed E-state index contributed by atoms with van der Waals surface area (Å²) in [5.74, 6) is 0.788. The van der Waals surface area contributed by atoms with Gasteiger partial charge in [0.15, 0.2) is 0 Å².